The second-order valence-corrected chi connectivity index (χ2v) is 6.71. The summed E-state index contributed by atoms with van der Waals surface area (Å²) in [6.07, 6.45) is 1.81. The van der Waals surface area contributed by atoms with Gasteiger partial charge in [0.15, 0.2) is 5.16 Å². The minimum Gasteiger partial charge on any atom is -0.337 e. The van der Waals surface area contributed by atoms with Crippen LogP contribution in [0.1, 0.15) is 27.7 Å². The number of thioether (sulfide) groups is 1. The molecule has 2 rings (SSSR count). The number of hydrogen-bond donors (Lipinski definition) is 1. The summed E-state index contributed by atoms with van der Waals surface area (Å²) in [4.78, 5) is 21.9. The summed E-state index contributed by atoms with van der Waals surface area (Å²) in [5, 5.41) is 0.777. The number of aromatic amines is 1. The summed E-state index contributed by atoms with van der Waals surface area (Å²) in [6, 6.07) is 10.5. The SMILES string of the molecule is CC(C)N(C(=O)CSc1ncc(-c2ccccc2)[nH]1)C(C)C. The molecule has 4 nitrogen and oxygen atoms in total. The third-order valence-corrected chi connectivity index (χ3v) is 4.24. The lowest BCUT2D eigenvalue weighted by molar-refractivity contribution is -0.131. The van der Waals surface area contributed by atoms with Crippen LogP contribution in [0.5, 0.6) is 0 Å². The molecule has 1 aromatic heterocycles. The molecular formula is C17H23N3OS. The zero-order valence-electron chi connectivity index (χ0n) is 13.5. The number of hydrogen-bond acceptors (Lipinski definition) is 3. The number of rotatable bonds is 6. The Morgan fingerprint density at radius 3 is 2.41 bits per heavy atom. The highest BCUT2D eigenvalue weighted by atomic mass is 32.2. The van der Waals surface area contributed by atoms with Gasteiger partial charge in [0.2, 0.25) is 5.91 Å². The van der Waals surface area contributed by atoms with E-state index < -0.39 is 0 Å². The molecule has 0 aliphatic rings. The van der Waals surface area contributed by atoms with Crippen LogP contribution in [0.25, 0.3) is 11.3 Å². The molecule has 0 aliphatic carbocycles. The number of aromatic nitrogens is 2. The largest absolute Gasteiger partial charge is 0.337 e. The Kier molecular flexibility index (Phi) is 5.66. The molecule has 0 saturated carbocycles. The maximum absolute atomic E-state index is 12.3. The molecule has 0 radical (unpaired) electrons. The third-order valence-electron chi connectivity index (χ3n) is 3.37. The molecule has 0 atom stereocenters. The molecular weight excluding hydrogens is 294 g/mol. The van der Waals surface area contributed by atoms with Crippen molar-refractivity contribution in [3.63, 3.8) is 0 Å². The number of imidazole rings is 1. The first-order valence-electron chi connectivity index (χ1n) is 7.53. The third kappa shape index (κ3) is 4.13. The number of amides is 1. The van der Waals surface area contributed by atoms with Crippen molar-refractivity contribution in [1.29, 1.82) is 0 Å². The smallest absolute Gasteiger partial charge is 0.233 e. The monoisotopic (exact) mass is 317 g/mol. The fraction of sp³-hybridized carbons (Fsp3) is 0.412. The zero-order chi connectivity index (χ0) is 16.1. The van der Waals surface area contributed by atoms with Crippen molar-refractivity contribution in [2.75, 3.05) is 5.75 Å². The highest BCUT2D eigenvalue weighted by Gasteiger charge is 2.20. The Labute approximate surface area is 136 Å². The summed E-state index contributed by atoms with van der Waals surface area (Å²) in [5.74, 6) is 0.547. The van der Waals surface area contributed by atoms with Crippen molar-refractivity contribution in [3.8, 4) is 11.3 Å². The molecule has 1 N–H and O–H groups in total. The molecule has 0 spiro atoms. The lowest BCUT2D eigenvalue weighted by Gasteiger charge is -2.30. The van der Waals surface area contributed by atoms with Crippen LogP contribution in [0.15, 0.2) is 41.7 Å². The molecule has 1 heterocycles. The van der Waals surface area contributed by atoms with E-state index in [-0.39, 0.29) is 18.0 Å². The number of nitrogens with zero attached hydrogens (tertiary/aromatic N) is 2. The van der Waals surface area contributed by atoms with Gasteiger partial charge in [-0.3, -0.25) is 4.79 Å². The number of carbonyl (C=O) groups excluding carboxylic acids is 1. The minimum atomic E-state index is 0.146. The molecule has 1 aromatic carbocycles. The average molecular weight is 317 g/mol. The van der Waals surface area contributed by atoms with Gasteiger partial charge in [-0.2, -0.15) is 0 Å². The lowest BCUT2D eigenvalue weighted by atomic mass is 10.2. The standard InChI is InChI=1S/C17H23N3OS/c1-12(2)20(13(3)4)16(21)11-22-17-18-10-15(19-17)14-8-6-5-7-9-14/h5-10,12-13H,11H2,1-4H3,(H,18,19). The van der Waals surface area contributed by atoms with Crippen molar-refractivity contribution >= 4 is 17.7 Å². The summed E-state index contributed by atoms with van der Waals surface area (Å²) in [7, 11) is 0. The van der Waals surface area contributed by atoms with E-state index in [9.17, 15) is 4.79 Å². The average Bonchev–Trinajstić information content (AvgIpc) is 2.94. The molecule has 0 saturated heterocycles. The van der Waals surface area contributed by atoms with Crippen molar-refractivity contribution in [1.82, 2.24) is 14.9 Å². The predicted molar refractivity (Wildman–Crippen MR) is 91.9 cm³/mol. The van der Waals surface area contributed by atoms with E-state index in [1.54, 1.807) is 0 Å². The van der Waals surface area contributed by atoms with Crippen LogP contribution in [-0.4, -0.2) is 38.6 Å². The van der Waals surface area contributed by atoms with E-state index in [1.807, 2.05) is 69.1 Å². The quantitative estimate of drug-likeness (QED) is 0.824. The Balaban J connectivity index is 1.98. The summed E-state index contributed by atoms with van der Waals surface area (Å²) < 4.78 is 0. The maximum atomic E-state index is 12.3. The van der Waals surface area contributed by atoms with Gasteiger partial charge in [0.1, 0.15) is 0 Å². The molecule has 22 heavy (non-hydrogen) atoms. The molecule has 2 aromatic rings. The fourth-order valence-electron chi connectivity index (χ4n) is 2.52. The first kappa shape index (κ1) is 16.6. The normalized spacial score (nSPS) is 11.2. The van der Waals surface area contributed by atoms with E-state index >= 15 is 0 Å². The second-order valence-electron chi connectivity index (χ2n) is 5.75. The van der Waals surface area contributed by atoms with Crippen LogP contribution in [0.2, 0.25) is 0 Å². The van der Waals surface area contributed by atoms with Crippen molar-refractivity contribution < 1.29 is 4.79 Å². The first-order valence-corrected chi connectivity index (χ1v) is 8.52. The number of H-pyrrole nitrogens is 1. The Morgan fingerprint density at radius 2 is 1.82 bits per heavy atom. The topological polar surface area (TPSA) is 49.0 Å². The van der Waals surface area contributed by atoms with E-state index in [2.05, 4.69) is 9.97 Å². The zero-order valence-corrected chi connectivity index (χ0v) is 14.4. The molecule has 0 unspecified atom stereocenters. The Bertz CT molecular complexity index is 599. The van der Waals surface area contributed by atoms with E-state index in [4.69, 9.17) is 0 Å². The van der Waals surface area contributed by atoms with E-state index in [0.717, 1.165) is 16.4 Å². The van der Waals surface area contributed by atoms with Crippen LogP contribution in [0.3, 0.4) is 0 Å². The number of nitrogens with one attached hydrogen (secondary N) is 1. The van der Waals surface area contributed by atoms with Crippen molar-refractivity contribution in [2.45, 2.75) is 44.9 Å². The molecule has 0 aliphatic heterocycles. The van der Waals surface area contributed by atoms with Crippen LogP contribution < -0.4 is 0 Å². The second kappa shape index (κ2) is 7.49. The maximum Gasteiger partial charge on any atom is 0.233 e. The van der Waals surface area contributed by atoms with E-state index in [1.165, 1.54) is 11.8 Å². The molecule has 0 fully saturated rings. The van der Waals surface area contributed by atoms with Gasteiger partial charge < -0.3 is 9.88 Å². The predicted octanol–water partition coefficient (Wildman–Crippen LogP) is 3.81. The van der Waals surface area contributed by atoms with Crippen molar-refractivity contribution in [3.05, 3.63) is 36.5 Å². The van der Waals surface area contributed by atoms with Crippen LogP contribution >= 0.6 is 11.8 Å². The van der Waals surface area contributed by atoms with Crippen LogP contribution in [-0.2, 0) is 4.79 Å². The van der Waals surface area contributed by atoms with Crippen LogP contribution in [0.4, 0.5) is 0 Å². The fourth-order valence-corrected chi connectivity index (χ4v) is 3.24. The van der Waals surface area contributed by atoms with E-state index in [0.29, 0.717) is 5.75 Å². The highest BCUT2D eigenvalue weighted by Crippen LogP contribution is 2.21. The molecule has 5 heteroatoms. The number of carbonyl (C=O) groups is 1. The lowest BCUT2D eigenvalue weighted by Crippen LogP contribution is -2.43. The summed E-state index contributed by atoms with van der Waals surface area (Å²) >= 11 is 1.45. The van der Waals surface area contributed by atoms with Gasteiger partial charge in [-0.1, -0.05) is 42.1 Å². The van der Waals surface area contributed by atoms with Gasteiger partial charge in [0, 0.05) is 12.1 Å². The Morgan fingerprint density at radius 1 is 1.18 bits per heavy atom. The summed E-state index contributed by atoms with van der Waals surface area (Å²) in [5.41, 5.74) is 2.07. The highest BCUT2D eigenvalue weighted by molar-refractivity contribution is 7.99. The van der Waals surface area contributed by atoms with Gasteiger partial charge >= 0.3 is 0 Å². The first-order chi connectivity index (χ1) is 10.5. The molecule has 0 bridgehead atoms. The summed E-state index contributed by atoms with van der Waals surface area (Å²) in [6.45, 7) is 8.18. The van der Waals surface area contributed by atoms with Crippen molar-refractivity contribution in [2.24, 2.45) is 0 Å². The Hall–Kier alpha value is -1.75. The van der Waals surface area contributed by atoms with Gasteiger partial charge in [-0.15, -0.1) is 0 Å². The minimum absolute atomic E-state index is 0.146. The van der Waals surface area contributed by atoms with Gasteiger partial charge in [0.25, 0.3) is 0 Å². The molecule has 1 amide bonds. The van der Waals surface area contributed by atoms with Gasteiger partial charge in [-0.25, -0.2) is 4.98 Å². The number of benzene rings is 1. The van der Waals surface area contributed by atoms with Gasteiger partial charge in [0.05, 0.1) is 17.6 Å². The van der Waals surface area contributed by atoms with Crippen LogP contribution in [0, 0.1) is 0 Å². The van der Waals surface area contributed by atoms with Gasteiger partial charge in [-0.05, 0) is 33.3 Å². The molecule has 118 valence electrons.